The summed E-state index contributed by atoms with van der Waals surface area (Å²) in [4.78, 5) is 11.4. The third kappa shape index (κ3) is 6.89. The van der Waals surface area contributed by atoms with E-state index in [1.54, 1.807) is 0 Å². The van der Waals surface area contributed by atoms with E-state index in [0.29, 0.717) is 0 Å². The van der Waals surface area contributed by atoms with Crippen LogP contribution in [0, 0.1) is 5.41 Å². The van der Waals surface area contributed by atoms with Crippen molar-refractivity contribution in [2.75, 3.05) is 13.1 Å². The van der Waals surface area contributed by atoms with Crippen LogP contribution in [0.3, 0.4) is 0 Å². The Kier molecular flexibility index (Phi) is 6.54. The predicted molar refractivity (Wildman–Crippen MR) is 60.0 cm³/mol. The van der Waals surface area contributed by atoms with E-state index in [0.717, 1.165) is 32.4 Å². The second-order valence-electron chi connectivity index (χ2n) is 4.71. The second kappa shape index (κ2) is 6.82. The smallest absolute Gasteiger partial charge is 0.225 e. The van der Waals surface area contributed by atoms with E-state index in [9.17, 15) is 4.79 Å². The maximum Gasteiger partial charge on any atom is 0.225 e. The number of carbonyl (C=O) groups excluding carboxylic acids is 1. The monoisotopic (exact) mass is 200 g/mol. The van der Waals surface area contributed by atoms with E-state index in [4.69, 9.17) is 5.73 Å². The number of amides is 1. The molecule has 0 saturated carbocycles. The highest BCUT2D eigenvalue weighted by Crippen LogP contribution is 2.12. The van der Waals surface area contributed by atoms with Crippen LogP contribution in [-0.2, 0) is 4.79 Å². The van der Waals surface area contributed by atoms with Gasteiger partial charge in [0, 0.05) is 12.0 Å². The van der Waals surface area contributed by atoms with Gasteiger partial charge >= 0.3 is 0 Å². The molecule has 1 amide bonds. The zero-order valence-corrected chi connectivity index (χ0v) is 9.73. The first kappa shape index (κ1) is 13.4. The summed E-state index contributed by atoms with van der Waals surface area (Å²) >= 11 is 0. The minimum absolute atomic E-state index is 0.135. The number of unbranched alkanes of at least 4 members (excludes halogenated alkanes) is 3. The average Bonchev–Trinajstić information content (AvgIpc) is 2.09. The van der Waals surface area contributed by atoms with Gasteiger partial charge in [0.2, 0.25) is 5.91 Å². The first-order chi connectivity index (χ1) is 6.48. The Morgan fingerprint density at radius 3 is 2.21 bits per heavy atom. The van der Waals surface area contributed by atoms with Gasteiger partial charge in [0.25, 0.3) is 0 Å². The van der Waals surface area contributed by atoms with Crippen LogP contribution in [0.25, 0.3) is 0 Å². The van der Waals surface area contributed by atoms with Crippen LogP contribution >= 0.6 is 0 Å². The fourth-order valence-electron chi connectivity index (χ4n) is 1.09. The summed E-state index contributed by atoms with van der Waals surface area (Å²) in [6, 6.07) is 0. The zero-order chi connectivity index (χ0) is 11.0. The van der Waals surface area contributed by atoms with Gasteiger partial charge < -0.3 is 11.1 Å². The molecule has 0 aromatic heterocycles. The van der Waals surface area contributed by atoms with Crippen molar-refractivity contribution < 1.29 is 4.79 Å². The molecule has 3 nitrogen and oxygen atoms in total. The SMILES string of the molecule is CC(C)(C)C(=O)NCCCCCCN. The highest BCUT2D eigenvalue weighted by atomic mass is 16.2. The lowest BCUT2D eigenvalue weighted by Gasteiger charge is -2.17. The van der Waals surface area contributed by atoms with Crippen molar-refractivity contribution in [3.05, 3.63) is 0 Å². The minimum Gasteiger partial charge on any atom is -0.356 e. The highest BCUT2D eigenvalue weighted by molar-refractivity contribution is 5.81. The number of rotatable bonds is 6. The van der Waals surface area contributed by atoms with Gasteiger partial charge in [0.05, 0.1) is 0 Å². The summed E-state index contributed by atoms with van der Waals surface area (Å²) in [6.45, 7) is 7.35. The van der Waals surface area contributed by atoms with Crippen LogP contribution in [0.2, 0.25) is 0 Å². The van der Waals surface area contributed by atoms with Gasteiger partial charge in [0.15, 0.2) is 0 Å². The molecular formula is C11H24N2O. The summed E-state index contributed by atoms with van der Waals surface area (Å²) in [7, 11) is 0. The third-order valence-electron chi connectivity index (χ3n) is 2.10. The number of hydrogen-bond donors (Lipinski definition) is 2. The normalized spacial score (nSPS) is 11.4. The molecule has 0 aromatic rings. The molecule has 0 aliphatic rings. The molecule has 0 bridgehead atoms. The van der Waals surface area contributed by atoms with E-state index in [-0.39, 0.29) is 11.3 Å². The van der Waals surface area contributed by atoms with E-state index in [1.807, 2.05) is 20.8 Å². The quantitative estimate of drug-likeness (QED) is 0.641. The van der Waals surface area contributed by atoms with Crippen molar-refractivity contribution in [2.45, 2.75) is 46.5 Å². The molecular weight excluding hydrogens is 176 g/mol. The Hall–Kier alpha value is -0.570. The summed E-state index contributed by atoms with van der Waals surface area (Å²) in [6.07, 6.45) is 4.47. The average molecular weight is 200 g/mol. The van der Waals surface area contributed by atoms with Crippen LogP contribution in [-0.4, -0.2) is 19.0 Å². The molecule has 0 rings (SSSR count). The fourth-order valence-corrected chi connectivity index (χ4v) is 1.09. The molecule has 3 N–H and O–H groups in total. The molecule has 3 heteroatoms. The second-order valence-corrected chi connectivity index (χ2v) is 4.71. The van der Waals surface area contributed by atoms with E-state index in [2.05, 4.69) is 5.32 Å². The number of nitrogens with one attached hydrogen (secondary N) is 1. The molecule has 0 heterocycles. The van der Waals surface area contributed by atoms with E-state index < -0.39 is 0 Å². The fraction of sp³-hybridized carbons (Fsp3) is 0.909. The van der Waals surface area contributed by atoms with Crippen molar-refractivity contribution >= 4 is 5.91 Å². The maximum absolute atomic E-state index is 11.4. The van der Waals surface area contributed by atoms with Crippen LogP contribution in [0.15, 0.2) is 0 Å². The summed E-state index contributed by atoms with van der Waals surface area (Å²) < 4.78 is 0. The largest absolute Gasteiger partial charge is 0.356 e. The number of nitrogens with two attached hydrogens (primary N) is 1. The molecule has 0 spiro atoms. The lowest BCUT2D eigenvalue weighted by atomic mass is 9.96. The minimum atomic E-state index is -0.267. The molecule has 0 aliphatic heterocycles. The number of carbonyl (C=O) groups is 1. The Labute approximate surface area is 87.4 Å². The molecule has 84 valence electrons. The van der Waals surface area contributed by atoms with Crippen molar-refractivity contribution in [1.82, 2.24) is 5.32 Å². The molecule has 0 saturated heterocycles. The van der Waals surface area contributed by atoms with Crippen LogP contribution in [0.1, 0.15) is 46.5 Å². The molecule has 0 unspecified atom stereocenters. The van der Waals surface area contributed by atoms with Crippen LogP contribution in [0.5, 0.6) is 0 Å². The first-order valence-corrected chi connectivity index (χ1v) is 5.47. The topological polar surface area (TPSA) is 55.1 Å². The Bertz CT molecular complexity index is 161. The van der Waals surface area contributed by atoms with Crippen molar-refractivity contribution in [1.29, 1.82) is 0 Å². The molecule has 14 heavy (non-hydrogen) atoms. The predicted octanol–water partition coefficient (Wildman–Crippen LogP) is 1.67. The Balaban J connectivity index is 3.33. The zero-order valence-electron chi connectivity index (χ0n) is 9.73. The first-order valence-electron chi connectivity index (χ1n) is 5.47. The van der Waals surface area contributed by atoms with Gasteiger partial charge in [-0.15, -0.1) is 0 Å². The summed E-state index contributed by atoms with van der Waals surface area (Å²) in [5, 5.41) is 2.93. The molecule has 0 fully saturated rings. The Morgan fingerprint density at radius 1 is 1.14 bits per heavy atom. The molecule has 0 radical (unpaired) electrons. The van der Waals surface area contributed by atoms with E-state index >= 15 is 0 Å². The summed E-state index contributed by atoms with van der Waals surface area (Å²) in [5.41, 5.74) is 5.11. The molecule has 0 aromatic carbocycles. The lowest BCUT2D eigenvalue weighted by Crippen LogP contribution is -2.35. The van der Waals surface area contributed by atoms with Gasteiger partial charge in [-0.1, -0.05) is 33.6 Å². The Morgan fingerprint density at radius 2 is 1.71 bits per heavy atom. The molecule has 0 atom stereocenters. The van der Waals surface area contributed by atoms with Crippen LogP contribution in [0.4, 0.5) is 0 Å². The van der Waals surface area contributed by atoms with Gasteiger partial charge in [0.1, 0.15) is 0 Å². The van der Waals surface area contributed by atoms with Crippen LogP contribution < -0.4 is 11.1 Å². The van der Waals surface area contributed by atoms with Gasteiger partial charge in [-0.3, -0.25) is 4.79 Å². The van der Waals surface area contributed by atoms with E-state index in [1.165, 1.54) is 6.42 Å². The van der Waals surface area contributed by atoms with Crippen molar-refractivity contribution in [3.8, 4) is 0 Å². The van der Waals surface area contributed by atoms with Gasteiger partial charge in [-0.25, -0.2) is 0 Å². The standard InChI is InChI=1S/C11H24N2O/c1-11(2,3)10(14)13-9-7-5-4-6-8-12/h4-9,12H2,1-3H3,(H,13,14). The van der Waals surface area contributed by atoms with Gasteiger partial charge in [-0.05, 0) is 19.4 Å². The number of hydrogen-bond acceptors (Lipinski definition) is 2. The highest BCUT2D eigenvalue weighted by Gasteiger charge is 2.19. The third-order valence-corrected chi connectivity index (χ3v) is 2.10. The lowest BCUT2D eigenvalue weighted by molar-refractivity contribution is -0.128. The summed E-state index contributed by atoms with van der Waals surface area (Å²) in [5.74, 6) is 0.135. The molecule has 0 aliphatic carbocycles. The van der Waals surface area contributed by atoms with Gasteiger partial charge in [-0.2, -0.15) is 0 Å². The van der Waals surface area contributed by atoms with Crippen molar-refractivity contribution in [3.63, 3.8) is 0 Å². The maximum atomic E-state index is 11.4. The van der Waals surface area contributed by atoms with Crippen molar-refractivity contribution in [2.24, 2.45) is 11.1 Å².